The molecule has 1 fully saturated rings. The van der Waals surface area contributed by atoms with E-state index in [4.69, 9.17) is 5.26 Å². The molecule has 0 spiro atoms. The van der Waals surface area contributed by atoms with Crippen LogP contribution in [0, 0.1) is 11.3 Å². The molecule has 8 nitrogen and oxygen atoms in total. The highest BCUT2D eigenvalue weighted by Gasteiger charge is 2.24. The number of amides is 1. The van der Waals surface area contributed by atoms with Gasteiger partial charge in [0, 0.05) is 24.2 Å². The third-order valence-corrected chi connectivity index (χ3v) is 3.46. The van der Waals surface area contributed by atoms with Crippen molar-refractivity contribution in [3.05, 3.63) is 18.0 Å². The Labute approximate surface area is 133 Å². The molecule has 1 amide bonds. The average molecular weight is 311 g/mol. The lowest BCUT2D eigenvalue weighted by molar-refractivity contribution is -0.119. The summed E-state index contributed by atoms with van der Waals surface area (Å²) in [6.45, 7) is 4.61. The largest absolute Gasteiger partial charge is 0.366 e. The number of nitriles is 1. The molecule has 3 rings (SSSR count). The first kappa shape index (κ1) is 15.0. The van der Waals surface area contributed by atoms with E-state index < -0.39 is 0 Å². The summed E-state index contributed by atoms with van der Waals surface area (Å²) in [6.07, 6.45) is 2.33. The Hall–Kier alpha value is -2.95. The van der Waals surface area contributed by atoms with Crippen LogP contribution in [0.15, 0.2) is 12.3 Å². The molecule has 0 aromatic carbocycles. The molecule has 118 valence electrons. The van der Waals surface area contributed by atoms with Crippen molar-refractivity contribution in [2.45, 2.75) is 32.4 Å². The predicted molar refractivity (Wildman–Crippen MR) is 85.8 cm³/mol. The van der Waals surface area contributed by atoms with E-state index in [9.17, 15) is 4.79 Å². The molecule has 0 saturated carbocycles. The Balaban J connectivity index is 2.00. The Morgan fingerprint density at radius 1 is 1.43 bits per heavy atom. The van der Waals surface area contributed by atoms with Crippen molar-refractivity contribution in [1.82, 2.24) is 20.3 Å². The van der Waals surface area contributed by atoms with E-state index in [1.165, 1.54) is 0 Å². The maximum atomic E-state index is 11.6. The van der Waals surface area contributed by atoms with Crippen LogP contribution in [0.2, 0.25) is 0 Å². The highest BCUT2D eigenvalue weighted by molar-refractivity contribution is 5.90. The number of pyridine rings is 1. The first-order valence-corrected chi connectivity index (χ1v) is 7.45. The maximum Gasteiger partial charge on any atom is 0.242 e. The molecule has 2 aromatic heterocycles. The second-order valence-electron chi connectivity index (χ2n) is 5.68. The van der Waals surface area contributed by atoms with Crippen LogP contribution in [0.25, 0.3) is 10.9 Å². The van der Waals surface area contributed by atoms with Gasteiger partial charge in [0.1, 0.15) is 23.3 Å². The van der Waals surface area contributed by atoms with Gasteiger partial charge in [-0.25, -0.2) is 15.0 Å². The minimum absolute atomic E-state index is 0.0489. The lowest BCUT2D eigenvalue weighted by Crippen LogP contribution is -2.30. The summed E-state index contributed by atoms with van der Waals surface area (Å²) in [5.74, 6) is 0.861. The molecule has 2 aromatic rings. The van der Waals surface area contributed by atoms with E-state index >= 15 is 0 Å². The lowest BCUT2D eigenvalue weighted by atomic mass is 10.2. The van der Waals surface area contributed by atoms with Gasteiger partial charge in [-0.1, -0.05) is 0 Å². The topological polar surface area (TPSA) is 116 Å². The SMILES string of the molecule is CC(C)Nc1nc(C#N)cc2cnc(NC3CCNC3=O)nc12. The van der Waals surface area contributed by atoms with Gasteiger partial charge < -0.3 is 16.0 Å². The Morgan fingerprint density at radius 3 is 2.91 bits per heavy atom. The second-order valence-corrected chi connectivity index (χ2v) is 5.68. The number of carbonyl (C=O) groups is 1. The summed E-state index contributed by atoms with van der Waals surface area (Å²) >= 11 is 0. The summed E-state index contributed by atoms with van der Waals surface area (Å²) in [4.78, 5) is 24.6. The average Bonchev–Trinajstić information content (AvgIpc) is 2.92. The van der Waals surface area contributed by atoms with Crippen LogP contribution in [-0.2, 0) is 4.79 Å². The fourth-order valence-electron chi connectivity index (χ4n) is 2.43. The second kappa shape index (κ2) is 6.04. The molecule has 0 aliphatic carbocycles. The fraction of sp³-hybridized carbons (Fsp3) is 0.400. The molecule has 3 N–H and O–H groups in total. The van der Waals surface area contributed by atoms with Crippen LogP contribution in [0.3, 0.4) is 0 Å². The molecule has 0 radical (unpaired) electrons. The van der Waals surface area contributed by atoms with Crippen molar-refractivity contribution in [1.29, 1.82) is 5.26 Å². The highest BCUT2D eigenvalue weighted by atomic mass is 16.2. The molecule has 1 atom stereocenters. The van der Waals surface area contributed by atoms with Crippen molar-refractivity contribution in [2.75, 3.05) is 17.2 Å². The third-order valence-electron chi connectivity index (χ3n) is 3.46. The van der Waals surface area contributed by atoms with Crippen molar-refractivity contribution in [3.63, 3.8) is 0 Å². The summed E-state index contributed by atoms with van der Waals surface area (Å²) in [5.41, 5.74) is 0.925. The van der Waals surface area contributed by atoms with Crippen molar-refractivity contribution in [3.8, 4) is 6.07 Å². The monoisotopic (exact) mass is 311 g/mol. The van der Waals surface area contributed by atoms with Gasteiger partial charge in [-0.05, 0) is 26.3 Å². The molecule has 1 aliphatic heterocycles. The van der Waals surface area contributed by atoms with Gasteiger partial charge in [-0.15, -0.1) is 0 Å². The van der Waals surface area contributed by atoms with Gasteiger partial charge in [-0.2, -0.15) is 5.26 Å². The summed E-state index contributed by atoms with van der Waals surface area (Å²) in [5, 5.41) is 18.8. The number of anilines is 2. The number of nitrogens with zero attached hydrogens (tertiary/aromatic N) is 4. The van der Waals surface area contributed by atoms with E-state index in [-0.39, 0.29) is 18.0 Å². The van der Waals surface area contributed by atoms with Crippen LogP contribution in [0.5, 0.6) is 0 Å². The highest BCUT2D eigenvalue weighted by Crippen LogP contribution is 2.22. The minimum atomic E-state index is -0.319. The first-order chi connectivity index (χ1) is 11.1. The van der Waals surface area contributed by atoms with Gasteiger partial charge in [0.25, 0.3) is 0 Å². The quantitative estimate of drug-likeness (QED) is 0.772. The molecular weight excluding hydrogens is 294 g/mol. The summed E-state index contributed by atoms with van der Waals surface area (Å²) in [7, 11) is 0. The van der Waals surface area contributed by atoms with E-state index in [1.54, 1.807) is 12.3 Å². The predicted octanol–water partition coefficient (Wildman–Crippen LogP) is 1.02. The number of nitrogens with one attached hydrogen (secondary N) is 3. The number of carbonyl (C=O) groups excluding carboxylic acids is 1. The molecule has 1 unspecified atom stereocenters. The van der Waals surface area contributed by atoms with Gasteiger partial charge in [0.15, 0.2) is 5.82 Å². The molecule has 23 heavy (non-hydrogen) atoms. The van der Waals surface area contributed by atoms with Crippen LogP contribution in [0.4, 0.5) is 11.8 Å². The van der Waals surface area contributed by atoms with Gasteiger partial charge >= 0.3 is 0 Å². The van der Waals surface area contributed by atoms with Gasteiger partial charge in [0.2, 0.25) is 11.9 Å². The standard InChI is InChI=1S/C15H17N7O/c1-8(2)19-13-12-9(5-10(6-16)20-13)7-18-15(22-12)21-11-3-4-17-14(11)23/h5,7-8,11H,3-4H2,1-2H3,(H,17,23)(H,19,20)(H,18,21,22). The summed E-state index contributed by atoms with van der Waals surface area (Å²) < 4.78 is 0. The van der Waals surface area contributed by atoms with Crippen molar-refractivity contribution in [2.24, 2.45) is 0 Å². The minimum Gasteiger partial charge on any atom is -0.366 e. The molecule has 1 aliphatic rings. The number of aromatic nitrogens is 3. The Morgan fingerprint density at radius 2 is 2.26 bits per heavy atom. The van der Waals surface area contributed by atoms with Gasteiger partial charge in [0.05, 0.1) is 0 Å². The Bertz CT molecular complexity index is 796. The van der Waals surface area contributed by atoms with Crippen LogP contribution < -0.4 is 16.0 Å². The third kappa shape index (κ3) is 3.13. The van der Waals surface area contributed by atoms with Crippen molar-refractivity contribution >= 4 is 28.6 Å². The molecular formula is C15H17N7O. The normalized spacial score (nSPS) is 17.1. The van der Waals surface area contributed by atoms with Crippen molar-refractivity contribution < 1.29 is 4.79 Å². The Kier molecular flexibility index (Phi) is 3.93. The van der Waals surface area contributed by atoms with E-state index in [2.05, 4.69) is 30.9 Å². The zero-order chi connectivity index (χ0) is 16.4. The fourth-order valence-corrected chi connectivity index (χ4v) is 2.43. The number of fused-ring (bicyclic) bond motifs is 1. The lowest BCUT2D eigenvalue weighted by Gasteiger charge is -2.13. The molecule has 3 heterocycles. The smallest absolute Gasteiger partial charge is 0.242 e. The zero-order valence-corrected chi connectivity index (χ0v) is 12.9. The van der Waals surface area contributed by atoms with Crippen LogP contribution >= 0.6 is 0 Å². The molecule has 1 saturated heterocycles. The summed E-state index contributed by atoms with van der Waals surface area (Å²) in [6, 6.07) is 3.51. The molecule has 0 bridgehead atoms. The molecule has 8 heteroatoms. The zero-order valence-electron chi connectivity index (χ0n) is 12.9. The number of rotatable bonds is 4. The van der Waals surface area contributed by atoms with E-state index in [0.717, 1.165) is 5.39 Å². The van der Waals surface area contributed by atoms with Crippen LogP contribution in [0.1, 0.15) is 26.0 Å². The number of hydrogen-bond donors (Lipinski definition) is 3. The first-order valence-electron chi connectivity index (χ1n) is 7.45. The number of hydrogen-bond acceptors (Lipinski definition) is 7. The van der Waals surface area contributed by atoms with Gasteiger partial charge in [-0.3, -0.25) is 4.79 Å². The van der Waals surface area contributed by atoms with E-state index in [0.29, 0.717) is 35.9 Å². The van der Waals surface area contributed by atoms with Crippen LogP contribution in [-0.4, -0.2) is 39.5 Å². The van der Waals surface area contributed by atoms with E-state index in [1.807, 2.05) is 19.9 Å². The maximum absolute atomic E-state index is 11.6.